The van der Waals surface area contributed by atoms with Crippen molar-refractivity contribution < 1.29 is 49.4 Å². The number of amides is 1. The predicted molar refractivity (Wildman–Crippen MR) is 129 cm³/mol. The van der Waals surface area contributed by atoms with Crippen LogP contribution in [0.15, 0.2) is 40.9 Å². The molecule has 0 aromatic heterocycles. The van der Waals surface area contributed by atoms with E-state index >= 15 is 4.39 Å². The maximum absolute atomic E-state index is 15.3. The fourth-order valence-electron chi connectivity index (χ4n) is 3.62. The van der Waals surface area contributed by atoms with Crippen molar-refractivity contribution in [3.05, 3.63) is 79.8 Å². The van der Waals surface area contributed by atoms with Crippen molar-refractivity contribution in [1.82, 2.24) is 0 Å². The van der Waals surface area contributed by atoms with Gasteiger partial charge in [-0.3, -0.25) is 9.59 Å². The molecule has 0 spiro atoms. The minimum Gasteiger partial charge on any atom is -0.493 e. The first-order valence-electron chi connectivity index (χ1n) is 10.4. The van der Waals surface area contributed by atoms with Crippen LogP contribution in [0.1, 0.15) is 31.8 Å². The van der Waals surface area contributed by atoms with Gasteiger partial charge in [0, 0.05) is 22.3 Å². The zero-order valence-electron chi connectivity index (χ0n) is 19.3. The Kier molecular flexibility index (Phi) is 8.51. The van der Waals surface area contributed by atoms with Crippen molar-refractivity contribution in [1.29, 1.82) is 0 Å². The molecule has 0 saturated heterocycles. The van der Waals surface area contributed by atoms with Crippen LogP contribution in [0.2, 0.25) is 5.02 Å². The Morgan fingerprint density at radius 3 is 2.21 bits per heavy atom. The van der Waals surface area contributed by atoms with Crippen molar-refractivity contribution >= 4 is 44.9 Å². The molecular formula is C24H14BrClF8N2O3. The minimum absolute atomic E-state index is 0.0200. The van der Waals surface area contributed by atoms with Crippen molar-refractivity contribution in [2.75, 3.05) is 19.0 Å². The zero-order valence-corrected chi connectivity index (χ0v) is 21.6. The number of nitrogens with two attached hydrogens (primary N) is 1. The summed E-state index contributed by atoms with van der Waals surface area (Å²) in [6, 6.07) is 3.65. The molecule has 0 bridgehead atoms. The summed E-state index contributed by atoms with van der Waals surface area (Å²) in [5, 5.41) is 1.70. The molecule has 3 aromatic rings. The molecule has 15 heteroatoms. The lowest BCUT2D eigenvalue weighted by atomic mass is 9.88. The van der Waals surface area contributed by atoms with Gasteiger partial charge in [0.1, 0.15) is 18.2 Å². The van der Waals surface area contributed by atoms with E-state index in [4.69, 9.17) is 22.1 Å². The topological polar surface area (TPSA) is 81.4 Å². The van der Waals surface area contributed by atoms with Gasteiger partial charge < -0.3 is 15.8 Å². The average molecular weight is 646 g/mol. The van der Waals surface area contributed by atoms with Crippen LogP contribution in [0.5, 0.6) is 5.75 Å². The lowest BCUT2D eigenvalue weighted by molar-refractivity contribution is -0.137. The van der Waals surface area contributed by atoms with E-state index in [9.17, 15) is 40.3 Å². The molecule has 3 rings (SSSR count). The van der Waals surface area contributed by atoms with Crippen LogP contribution in [0, 0.1) is 11.6 Å². The van der Waals surface area contributed by atoms with Gasteiger partial charge in [-0.2, -0.15) is 26.3 Å². The fourth-order valence-corrected chi connectivity index (χ4v) is 4.59. The molecule has 0 aliphatic carbocycles. The lowest BCUT2D eigenvalue weighted by Crippen LogP contribution is -2.22. The molecule has 0 heterocycles. The molecule has 0 atom stereocenters. The SMILES string of the molecule is COc1c(NCC(F)(F)F)cc(-c2c(F)cc(C(F)(F)F)cc2C(N)=O)c(C(=O)c2cc(F)ccc2Cl)c1Br. The first kappa shape index (κ1) is 30.2. The summed E-state index contributed by atoms with van der Waals surface area (Å²) in [4.78, 5) is 25.8. The predicted octanol–water partition coefficient (Wildman–Crippen LogP) is 7.38. The highest BCUT2D eigenvalue weighted by Crippen LogP contribution is 2.46. The summed E-state index contributed by atoms with van der Waals surface area (Å²) in [7, 11) is 1.02. The summed E-state index contributed by atoms with van der Waals surface area (Å²) in [5.41, 5.74) is -0.628. The highest BCUT2D eigenvalue weighted by atomic mass is 79.9. The van der Waals surface area contributed by atoms with Crippen LogP contribution in [0.3, 0.4) is 0 Å². The molecule has 1 amide bonds. The molecule has 0 radical (unpaired) electrons. The second-order valence-corrected chi connectivity index (χ2v) is 9.06. The Hall–Kier alpha value is -3.39. The van der Waals surface area contributed by atoms with E-state index in [0.717, 1.165) is 25.3 Å². The van der Waals surface area contributed by atoms with Crippen LogP contribution in [0.4, 0.5) is 40.8 Å². The van der Waals surface area contributed by atoms with Crippen molar-refractivity contribution in [3.8, 4) is 16.9 Å². The molecule has 0 unspecified atom stereocenters. The van der Waals surface area contributed by atoms with Crippen LogP contribution in [0.25, 0.3) is 11.1 Å². The average Bonchev–Trinajstić information content (AvgIpc) is 2.81. The van der Waals surface area contributed by atoms with Crippen molar-refractivity contribution in [2.24, 2.45) is 5.73 Å². The number of nitrogens with one attached hydrogen (secondary N) is 1. The maximum Gasteiger partial charge on any atom is 0.416 e. The van der Waals surface area contributed by atoms with Gasteiger partial charge in [0.25, 0.3) is 0 Å². The third-order valence-corrected chi connectivity index (χ3v) is 6.34. The molecule has 208 valence electrons. The smallest absolute Gasteiger partial charge is 0.416 e. The van der Waals surface area contributed by atoms with Crippen molar-refractivity contribution in [2.45, 2.75) is 12.4 Å². The number of rotatable bonds is 7. The van der Waals surface area contributed by atoms with E-state index in [1.807, 2.05) is 5.32 Å². The lowest BCUT2D eigenvalue weighted by Gasteiger charge is -2.22. The molecule has 0 aliphatic rings. The van der Waals surface area contributed by atoms with Crippen LogP contribution >= 0.6 is 27.5 Å². The van der Waals surface area contributed by atoms with E-state index < -0.39 is 91.5 Å². The van der Waals surface area contributed by atoms with E-state index in [0.29, 0.717) is 6.07 Å². The normalized spacial score (nSPS) is 11.9. The molecular weight excluding hydrogens is 632 g/mol. The Bertz CT molecular complexity index is 1480. The highest BCUT2D eigenvalue weighted by molar-refractivity contribution is 9.10. The van der Waals surface area contributed by atoms with Crippen LogP contribution < -0.4 is 15.8 Å². The number of halogens is 10. The number of carbonyl (C=O) groups is 2. The maximum atomic E-state index is 15.3. The zero-order chi connectivity index (χ0) is 29.4. The van der Waals surface area contributed by atoms with Gasteiger partial charge in [0.15, 0.2) is 11.5 Å². The Morgan fingerprint density at radius 2 is 1.67 bits per heavy atom. The van der Waals surface area contributed by atoms with E-state index in [1.165, 1.54) is 0 Å². The number of benzene rings is 3. The number of hydrogen-bond acceptors (Lipinski definition) is 4. The van der Waals surface area contributed by atoms with Crippen LogP contribution in [-0.2, 0) is 6.18 Å². The quantitative estimate of drug-likeness (QED) is 0.208. The third-order valence-electron chi connectivity index (χ3n) is 5.26. The number of ketones is 1. The molecule has 3 aromatic carbocycles. The Labute approximate surface area is 228 Å². The Morgan fingerprint density at radius 1 is 1.03 bits per heavy atom. The number of ether oxygens (including phenoxy) is 1. The number of primary amides is 1. The fraction of sp³-hybridized carbons (Fsp3) is 0.167. The molecule has 3 N–H and O–H groups in total. The second kappa shape index (κ2) is 11.0. The molecule has 0 saturated carbocycles. The third kappa shape index (κ3) is 6.44. The van der Waals surface area contributed by atoms with Crippen LogP contribution in [-0.4, -0.2) is 31.5 Å². The standard InChI is InChI=1S/C24H14BrClF8N2O3/c1-39-21-16(36-8-23(29,30)31)7-12(17-13(22(35)38)4-9(5-15(17)28)24(32,33)34)18(19(21)25)20(37)11-6-10(27)2-3-14(11)26/h2-7,36H,8H2,1H3,(H2,35,38). The molecule has 0 fully saturated rings. The van der Waals surface area contributed by atoms with Gasteiger partial charge in [-0.25, -0.2) is 8.78 Å². The van der Waals surface area contributed by atoms with Gasteiger partial charge in [-0.05, 0) is 52.3 Å². The summed E-state index contributed by atoms with van der Waals surface area (Å²) in [6.07, 6.45) is -9.88. The van der Waals surface area contributed by atoms with E-state index in [-0.39, 0.29) is 17.2 Å². The molecule has 0 aliphatic heterocycles. The Balaban J connectivity index is 2.48. The summed E-state index contributed by atoms with van der Waals surface area (Å²) in [5.74, 6) is -5.70. The van der Waals surface area contributed by atoms with Gasteiger partial charge in [-0.15, -0.1) is 0 Å². The summed E-state index contributed by atoms with van der Waals surface area (Å²) >= 11 is 9.05. The van der Waals surface area contributed by atoms with Gasteiger partial charge >= 0.3 is 12.4 Å². The van der Waals surface area contributed by atoms with Gasteiger partial charge in [-0.1, -0.05) is 11.6 Å². The first-order valence-corrected chi connectivity index (χ1v) is 11.5. The number of alkyl halides is 6. The summed E-state index contributed by atoms with van der Waals surface area (Å²) in [6.45, 7) is -1.64. The van der Waals surface area contributed by atoms with E-state index in [2.05, 4.69) is 15.9 Å². The number of anilines is 1. The van der Waals surface area contributed by atoms with Gasteiger partial charge in [0.2, 0.25) is 5.91 Å². The van der Waals surface area contributed by atoms with Gasteiger partial charge in [0.05, 0.1) is 33.4 Å². The number of methoxy groups -OCH3 is 1. The van der Waals surface area contributed by atoms with Crippen molar-refractivity contribution in [3.63, 3.8) is 0 Å². The minimum atomic E-state index is -5.11. The highest BCUT2D eigenvalue weighted by Gasteiger charge is 2.36. The molecule has 39 heavy (non-hydrogen) atoms. The largest absolute Gasteiger partial charge is 0.493 e. The summed E-state index contributed by atoms with van der Waals surface area (Å²) < 4.78 is 113. The first-order chi connectivity index (χ1) is 18.0. The number of hydrogen-bond donors (Lipinski definition) is 2. The molecule has 5 nitrogen and oxygen atoms in total. The van der Waals surface area contributed by atoms with E-state index in [1.54, 1.807) is 0 Å². The number of carbonyl (C=O) groups excluding carboxylic acids is 2. The second-order valence-electron chi connectivity index (χ2n) is 7.86. The monoisotopic (exact) mass is 644 g/mol.